The molecule has 0 saturated carbocycles. The molecular weight excluding hydrogens is 406 g/mol. The fourth-order valence-corrected chi connectivity index (χ4v) is 3.16. The summed E-state index contributed by atoms with van der Waals surface area (Å²) in [5.74, 6) is -0.637. The van der Waals surface area contributed by atoms with Crippen molar-refractivity contribution < 1.29 is 14.7 Å². The van der Waals surface area contributed by atoms with Gasteiger partial charge in [0.05, 0.1) is 0 Å². The molecule has 8 nitrogen and oxygen atoms in total. The number of nitrogens with two attached hydrogens (primary N) is 1. The molecule has 0 atom stereocenters. The fourth-order valence-electron chi connectivity index (χ4n) is 3.16. The monoisotopic (exact) mass is 459 g/mol. The van der Waals surface area contributed by atoms with Crippen molar-refractivity contribution >= 4 is 11.9 Å². The van der Waals surface area contributed by atoms with Gasteiger partial charge in [-0.15, -0.1) is 0 Å². The second-order valence-electron chi connectivity index (χ2n) is 8.19. The van der Waals surface area contributed by atoms with E-state index in [1.54, 1.807) is 0 Å². The summed E-state index contributed by atoms with van der Waals surface area (Å²) < 4.78 is 0. The van der Waals surface area contributed by atoms with Gasteiger partial charge in [-0.25, -0.2) is 0 Å². The molecule has 0 radical (unpaired) electrons. The summed E-state index contributed by atoms with van der Waals surface area (Å²) in [5, 5.41) is 20.4. The molecular formula is C24H53N5O3. The standard InChI is InChI=1S/C22H49N5O.C2H4O2/c1-2-3-4-5-6-7-8-9-10-11-12-13-22(28)27-21-20-26-19-18-25-17-16-24-15-14-23;1-2(3)4/h24-26H,2-21,23H2,1H3,(H,27,28);1H3,(H,3,4). The molecule has 0 spiro atoms. The molecule has 0 aliphatic heterocycles. The molecule has 7 N–H and O–H groups in total. The third-order valence-electron chi connectivity index (χ3n) is 4.91. The van der Waals surface area contributed by atoms with E-state index in [1.165, 1.54) is 64.2 Å². The van der Waals surface area contributed by atoms with Crippen molar-refractivity contribution in [2.24, 2.45) is 5.73 Å². The Balaban J connectivity index is 0. The van der Waals surface area contributed by atoms with Crippen LogP contribution in [0.4, 0.5) is 0 Å². The Kier molecular flexibility index (Phi) is 30.7. The molecule has 0 fully saturated rings. The van der Waals surface area contributed by atoms with Gasteiger partial charge in [-0.3, -0.25) is 9.59 Å². The molecule has 0 aromatic carbocycles. The van der Waals surface area contributed by atoms with E-state index in [4.69, 9.17) is 15.6 Å². The van der Waals surface area contributed by atoms with Crippen molar-refractivity contribution in [1.82, 2.24) is 21.3 Å². The van der Waals surface area contributed by atoms with Gasteiger partial charge in [-0.05, 0) is 6.42 Å². The highest BCUT2D eigenvalue weighted by atomic mass is 16.4. The zero-order valence-corrected chi connectivity index (χ0v) is 21.0. The molecule has 0 aliphatic carbocycles. The number of aliphatic carboxylic acids is 1. The van der Waals surface area contributed by atoms with E-state index in [0.717, 1.165) is 59.2 Å². The third-order valence-corrected chi connectivity index (χ3v) is 4.91. The van der Waals surface area contributed by atoms with Crippen LogP contribution in [-0.4, -0.2) is 69.3 Å². The molecule has 0 unspecified atom stereocenters. The first-order valence-corrected chi connectivity index (χ1v) is 12.8. The van der Waals surface area contributed by atoms with Gasteiger partial charge in [-0.1, -0.05) is 71.1 Å². The van der Waals surface area contributed by atoms with E-state index in [9.17, 15) is 4.79 Å². The van der Waals surface area contributed by atoms with Crippen LogP contribution in [0.1, 0.15) is 90.9 Å². The molecule has 0 rings (SSSR count). The first-order chi connectivity index (χ1) is 15.5. The largest absolute Gasteiger partial charge is 0.481 e. The Morgan fingerprint density at radius 3 is 1.47 bits per heavy atom. The molecule has 32 heavy (non-hydrogen) atoms. The number of nitrogens with one attached hydrogen (secondary N) is 4. The van der Waals surface area contributed by atoms with Gasteiger partial charge in [0.15, 0.2) is 0 Å². The number of carboxylic acids is 1. The van der Waals surface area contributed by atoms with Gasteiger partial charge in [0.25, 0.3) is 5.97 Å². The maximum Gasteiger partial charge on any atom is 0.300 e. The molecule has 192 valence electrons. The van der Waals surface area contributed by atoms with Crippen molar-refractivity contribution in [3.63, 3.8) is 0 Å². The van der Waals surface area contributed by atoms with Crippen molar-refractivity contribution in [3.8, 4) is 0 Å². The van der Waals surface area contributed by atoms with Crippen LogP contribution in [0.15, 0.2) is 0 Å². The van der Waals surface area contributed by atoms with E-state index in [2.05, 4.69) is 28.2 Å². The van der Waals surface area contributed by atoms with Gasteiger partial charge in [-0.2, -0.15) is 0 Å². The minimum absolute atomic E-state index is 0.196. The topological polar surface area (TPSA) is 129 Å². The summed E-state index contributed by atoms with van der Waals surface area (Å²) in [6.45, 7) is 10.2. The minimum Gasteiger partial charge on any atom is -0.481 e. The highest BCUT2D eigenvalue weighted by Crippen LogP contribution is 2.11. The maximum absolute atomic E-state index is 11.8. The van der Waals surface area contributed by atoms with Crippen molar-refractivity contribution in [1.29, 1.82) is 0 Å². The number of carboxylic acid groups (broad SMARTS) is 1. The Bertz CT molecular complexity index is 366. The normalized spacial score (nSPS) is 10.5. The van der Waals surface area contributed by atoms with Crippen LogP contribution >= 0.6 is 0 Å². The number of carbonyl (C=O) groups is 2. The molecule has 0 aliphatic rings. The second-order valence-corrected chi connectivity index (χ2v) is 8.19. The molecule has 1 amide bonds. The smallest absolute Gasteiger partial charge is 0.300 e. The molecule has 0 aromatic rings. The molecule has 0 saturated heterocycles. The Morgan fingerprint density at radius 1 is 0.656 bits per heavy atom. The lowest BCUT2D eigenvalue weighted by molar-refractivity contribution is -0.134. The zero-order valence-electron chi connectivity index (χ0n) is 21.0. The van der Waals surface area contributed by atoms with E-state index in [0.29, 0.717) is 13.0 Å². The SMILES string of the molecule is CC(=O)O.CCCCCCCCCCCCCC(=O)NCCNCCNCCNCCN. The Morgan fingerprint density at radius 2 is 1.03 bits per heavy atom. The first kappa shape index (κ1) is 33.0. The van der Waals surface area contributed by atoms with Gasteiger partial charge >= 0.3 is 0 Å². The molecule has 0 heterocycles. The summed E-state index contributed by atoms with van der Waals surface area (Å²) >= 11 is 0. The summed E-state index contributed by atoms with van der Waals surface area (Å²) in [6.07, 6.45) is 15.2. The van der Waals surface area contributed by atoms with Crippen LogP contribution in [-0.2, 0) is 9.59 Å². The Labute approximate surface area is 197 Å². The van der Waals surface area contributed by atoms with E-state index in [1.807, 2.05) is 0 Å². The molecule has 0 bridgehead atoms. The fraction of sp³-hybridized carbons (Fsp3) is 0.917. The molecule has 0 aromatic heterocycles. The summed E-state index contributed by atoms with van der Waals surface area (Å²) in [4.78, 5) is 20.8. The van der Waals surface area contributed by atoms with Crippen molar-refractivity contribution in [2.75, 3.05) is 52.4 Å². The van der Waals surface area contributed by atoms with Crippen LogP contribution in [0.3, 0.4) is 0 Å². The van der Waals surface area contributed by atoms with E-state index < -0.39 is 5.97 Å². The van der Waals surface area contributed by atoms with Gasteiger partial charge in [0, 0.05) is 65.7 Å². The van der Waals surface area contributed by atoms with Crippen molar-refractivity contribution in [2.45, 2.75) is 90.9 Å². The lowest BCUT2D eigenvalue weighted by Gasteiger charge is -2.08. The lowest BCUT2D eigenvalue weighted by Crippen LogP contribution is -2.36. The average molecular weight is 460 g/mol. The summed E-state index contributed by atoms with van der Waals surface area (Å²) in [7, 11) is 0. The van der Waals surface area contributed by atoms with Crippen LogP contribution < -0.4 is 27.0 Å². The predicted molar refractivity (Wildman–Crippen MR) is 135 cm³/mol. The molecule has 8 heteroatoms. The number of carbonyl (C=O) groups excluding carboxylic acids is 1. The number of amides is 1. The second kappa shape index (κ2) is 29.8. The van der Waals surface area contributed by atoms with Gasteiger partial charge in [0.1, 0.15) is 0 Å². The maximum atomic E-state index is 11.8. The first-order valence-electron chi connectivity index (χ1n) is 12.8. The zero-order chi connectivity index (χ0) is 24.1. The minimum atomic E-state index is -0.833. The van der Waals surface area contributed by atoms with E-state index in [-0.39, 0.29) is 5.91 Å². The number of rotatable bonds is 23. The predicted octanol–water partition coefficient (Wildman–Crippen LogP) is 2.62. The van der Waals surface area contributed by atoms with Gasteiger partial charge < -0.3 is 32.1 Å². The van der Waals surface area contributed by atoms with Crippen LogP contribution in [0.5, 0.6) is 0 Å². The average Bonchev–Trinajstić information content (AvgIpc) is 2.75. The lowest BCUT2D eigenvalue weighted by atomic mass is 10.1. The van der Waals surface area contributed by atoms with Crippen molar-refractivity contribution in [3.05, 3.63) is 0 Å². The Hall–Kier alpha value is -1.22. The van der Waals surface area contributed by atoms with E-state index >= 15 is 0 Å². The van der Waals surface area contributed by atoms with Gasteiger partial charge in [0.2, 0.25) is 5.91 Å². The van der Waals surface area contributed by atoms with Crippen LogP contribution in [0.2, 0.25) is 0 Å². The van der Waals surface area contributed by atoms with Crippen LogP contribution in [0, 0.1) is 0 Å². The third kappa shape index (κ3) is 36.2. The summed E-state index contributed by atoms with van der Waals surface area (Å²) in [5.41, 5.74) is 5.41. The highest BCUT2D eigenvalue weighted by molar-refractivity contribution is 5.75. The number of hydrogen-bond donors (Lipinski definition) is 6. The quantitative estimate of drug-likeness (QED) is 0.130. The number of unbranched alkanes of at least 4 members (excludes halogenated alkanes) is 10. The summed E-state index contributed by atoms with van der Waals surface area (Å²) in [6, 6.07) is 0. The number of hydrogen-bond acceptors (Lipinski definition) is 6. The highest BCUT2D eigenvalue weighted by Gasteiger charge is 2.00. The van der Waals surface area contributed by atoms with Crippen LogP contribution in [0.25, 0.3) is 0 Å².